The van der Waals surface area contributed by atoms with Gasteiger partial charge in [-0.05, 0) is 48.4 Å². The van der Waals surface area contributed by atoms with Crippen LogP contribution in [0.5, 0.6) is 5.75 Å². The first-order chi connectivity index (χ1) is 19.1. The lowest BCUT2D eigenvalue weighted by molar-refractivity contribution is -0.384. The minimum absolute atomic E-state index is 0.111. The zero-order chi connectivity index (χ0) is 28.7. The van der Waals surface area contributed by atoms with E-state index in [1.807, 2.05) is 40.0 Å². The summed E-state index contributed by atoms with van der Waals surface area (Å²) in [7, 11) is -2.54. The first-order valence-corrected chi connectivity index (χ1v) is 13.8. The van der Waals surface area contributed by atoms with Gasteiger partial charge in [0.2, 0.25) is 5.95 Å². The summed E-state index contributed by atoms with van der Waals surface area (Å²) in [5, 5.41) is 11.4. The topological polar surface area (TPSA) is 145 Å². The van der Waals surface area contributed by atoms with Crippen molar-refractivity contribution in [2.75, 3.05) is 18.5 Å². The third-order valence-corrected chi connectivity index (χ3v) is 7.39. The number of aromatic nitrogens is 2. The monoisotopic (exact) mass is 581 g/mol. The molecule has 4 rings (SSSR count). The summed E-state index contributed by atoms with van der Waals surface area (Å²) < 4.78 is 33.4. The van der Waals surface area contributed by atoms with Crippen LogP contribution >= 0.6 is 11.6 Å². The third-order valence-electron chi connectivity index (χ3n) is 5.79. The van der Waals surface area contributed by atoms with Crippen LogP contribution in [0.2, 0.25) is 5.02 Å². The van der Waals surface area contributed by atoms with Gasteiger partial charge in [-0.3, -0.25) is 14.9 Å². The van der Waals surface area contributed by atoms with Gasteiger partial charge in [0.15, 0.2) is 0 Å². The Hall–Kier alpha value is -4.55. The highest BCUT2D eigenvalue weighted by molar-refractivity contribution is 7.90. The van der Waals surface area contributed by atoms with Crippen LogP contribution < -0.4 is 14.4 Å². The predicted molar refractivity (Wildman–Crippen MR) is 149 cm³/mol. The number of halogens is 1. The Morgan fingerprint density at radius 2 is 1.73 bits per heavy atom. The van der Waals surface area contributed by atoms with Gasteiger partial charge >= 0.3 is 0 Å². The van der Waals surface area contributed by atoms with Crippen molar-refractivity contribution in [2.24, 2.45) is 0 Å². The highest BCUT2D eigenvalue weighted by Crippen LogP contribution is 2.20. The Kier molecular flexibility index (Phi) is 8.92. The van der Waals surface area contributed by atoms with Crippen molar-refractivity contribution in [1.82, 2.24) is 14.7 Å². The molecule has 206 valence electrons. The number of hydrogen-bond donors (Lipinski definition) is 1. The first-order valence-electron chi connectivity index (χ1n) is 11.9. The molecule has 0 saturated carbocycles. The fraction of sp³-hybridized carbons (Fsp3) is 0.148. The molecule has 0 aliphatic heterocycles. The fourth-order valence-electron chi connectivity index (χ4n) is 3.60. The molecule has 40 heavy (non-hydrogen) atoms. The Balaban J connectivity index is 1.57. The maximum atomic E-state index is 13.1. The number of anilines is 1. The molecule has 0 radical (unpaired) electrons. The smallest absolute Gasteiger partial charge is 0.269 e. The van der Waals surface area contributed by atoms with Crippen LogP contribution in [0.1, 0.15) is 21.6 Å². The van der Waals surface area contributed by atoms with Crippen molar-refractivity contribution in [1.29, 1.82) is 0 Å². The summed E-state index contributed by atoms with van der Waals surface area (Å²) in [6.07, 6.45) is 1.97. The van der Waals surface area contributed by atoms with Gasteiger partial charge in [0.05, 0.1) is 21.1 Å². The van der Waals surface area contributed by atoms with E-state index in [1.165, 1.54) is 6.20 Å². The SMILES string of the molecule is CN(CCc1ccccc1)c1ncc(C(=O)NS(=O)(=O)c2ccc([N+](=O)[O-])cc2)c(COc2ccc(Cl)cc2)n1. The van der Waals surface area contributed by atoms with Crippen LogP contribution in [-0.4, -0.2) is 42.8 Å². The molecule has 1 amide bonds. The number of carbonyl (C=O) groups excluding carboxylic acids is 1. The predicted octanol–water partition coefficient (Wildman–Crippen LogP) is 4.41. The number of ether oxygens (including phenoxy) is 1. The van der Waals surface area contributed by atoms with E-state index >= 15 is 0 Å². The van der Waals surface area contributed by atoms with Crippen LogP contribution in [0, 0.1) is 10.1 Å². The van der Waals surface area contributed by atoms with Crippen molar-refractivity contribution in [3.63, 3.8) is 0 Å². The van der Waals surface area contributed by atoms with Gasteiger partial charge in [-0.15, -0.1) is 0 Å². The molecule has 0 aliphatic rings. The summed E-state index contributed by atoms with van der Waals surface area (Å²) >= 11 is 5.94. The van der Waals surface area contributed by atoms with E-state index in [2.05, 4.69) is 9.97 Å². The quantitative estimate of drug-likeness (QED) is 0.201. The standard InChI is InChI=1S/C27H24ClN5O6S/c1-32(16-15-19-5-3-2-4-6-19)27-29-17-24(25(30-27)18-39-22-11-7-20(28)8-12-22)26(34)31-40(37,38)23-13-9-21(10-14-23)33(35)36/h2-14,17H,15-16,18H2,1H3,(H,31,34). The maximum Gasteiger partial charge on any atom is 0.269 e. The molecule has 0 atom stereocenters. The first kappa shape index (κ1) is 28.5. The van der Waals surface area contributed by atoms with Gasteiger partial charge in [0.25, 0.3) is 21.6 Å². The Morgan fingerprint density at radius 1 is 1.05 bits per heavy atom. The number of carbonyl (C=O) groups is 1. The average Bonchev–Trinajstić information content (AvgIpc) is 2.95. The van der Waals surface area contributed by atoms with E-state index in [4.69, 9.17) is 16.3 Å². The maximum absolute atomic E-state index is 13.1. The number of amides is 1. The number of rotatable bonds is 11. The van der Waals surface area contributed by atoms with Crippen molar-refractivity contribution < 1.29 is 22.9 Å². The molecule has 0 bridgehead atoms. The number of benzene rings is 3. The molecule has 0 aliphatic carbocycles. The van der Waals surface area contributed by atoms with Crippen molar-refractivity contribution in [3.05, 3.63) is 117 Å². The Morgan fingerprint density at radius 3 is 2.38 bits per heavy atom. The number of nitrogens with zero attached hydrogens (tertiary/aromatic N) is 4. The summed E-state index contributed by atoms with van der Waals surface area (Å²) in [4.78, 5) is 33.6. The number of sulfonamides is 1. The van der Waals surface area contributed by atoms with E-state index in [9.17, 15) is 23.3 Å². The number of likely N-dealkylation sites (N-methyl/N-ethyl adjacent to an activating group) is 1. The third kappa shape index (κ3) is 7.30. The minimum atomic E-state index is -4.35. The largest absolute Gasteiger partial charge is 0.487 e. The summed E-state index contributed by atoms with van der Waals surface area (Å²) in [6, 6.07) is 20.6. The highest BCUT2D eigenvalue weighted by atomic mass is 35.5. The van der Waals surface area contributed by atoms with Gasteiger partial charge in [-0.25, -0.2) is 23.1 Å². The molecule has 1 N–H and O–H groups in total. The van der Waals surface area contributed by atoms with Crippen LogP contribution in [-0.2, 0) is 23.1 Å². The second-order valence-electron chi connectivity index (χ2n) is 8.62. The van der Waals surface area contributed by atoms with Crippen LogP contribution in [0.15, 0.2) is 90.0 Å². The van der Waals surface area contributed by atoms with Gasteiger partial charge in [-0.1, -0.05) is 41.9 Å². The van der Waals surface area contributed by atoms with Crippen molar-refractivity contribution in [2.45, 2.75) is 17.9 Å². The summed E-state index contributed by atoms with van der Waals surface area (Å²) in [5.41, 5.74) is 0.892. The molecule has 1 aromatic heterocycles. The zero-order valence-electron chi connectivity index (χ0n) is 21.2. The summed E-state index contributed by atoms with van der Waals surface area (Å²) in [6.45, 7) is 0.422. The lowest BCUT2D eigenvalue weighted by Crippen LogP contribution is -2.32. The van der Waals surface area contributed by atoms with Crippen LogP contribution in [0.3, 0.4) is 0 Å². The molecule has 11 nitrogen and oxygen atoms in total. The number of non-ortho nitro benzene ring substituents is 1. The molecular weight excluding hydrogens is 558 g/mol. The zero-order valence-corrected chi connectivity index (χ0v) is 22.8. The number of hydrogen-bond acceptors (Lipinski definition) is 9. The Bertz CT molecular complexity index is 1600. The number of nitrogens with one attached hydrogen (secondary N) is 1. The minimum Gasteiger partial charge on any atom is -0.487 e. The molecule has 0 saturated heterocycles. The van der Waals surface area contributed by atoms with Crippen LogP contribution in [0.4, 0.5) is 11.6 Å². The average molecular weight is 582 g/mol. The number of nitro groups is 1. The molecule has 13 heteroatoms. The second-order valence-corrected chi connectivity index (χ2v) is 10.7. The lowest BCUT2D eigenvalue weighted by Gasteiger charge is -2.19. The number of nitro benzene ring substituents is 1. The molecular formula is C27H24ClN5O6S. The van der Waals surface area contributed by atoms with E-state index in [-0.39, 0.29) is 28.4 Å². The molecule has 3 aromatic carbocycles. The second kappa shape index (κ2) is 12.5. The van der Waals surface area contributed by atoms with Gasteiger partial charge in [0, 0.05) is 36.9 Å². The Labute approximate surface area is 235 Å². The molecule has 0 spiro atoms. The van der Waals surface area contributed by atoms with E-state index in [1.54, 1.807) is 31.3 Å². The molecule has 0 unspecified atom stereocenters. The van der Waals surface area contributed by atoms with Crippen LogP contribution in [0.25, 0.3) is 0 Å². The fourth-order valence-corrected chi connectivity index (χ4v) is 4.69. The molecule has 0 fully saturated rings. The highest BCUT2D eigenvalue weighted by Gasteiger charge is 2.24. The molecule has 4 aromatic rings. The van der Waals surface area contributed by atoms with Gasteiger partial charge < -0.3 is 9.64 Å². The van der Waals surface area contributed by atoms with Gasteiger partial charge in [-0.2, -0.15) is 0 Å². The van der Waals surface area contributed by atoms with E-state index in [0.717, 1.165) is 36.2 Å². The normalized spacial score (nSPS) is 11.1. The van der Waals surface area contributed by atoms with E-state index in [0.29, 0.717) is 23.3 Å². The molecule has 1 heterocycles. The van der Waals surface area contributed by atoms with Crippen molar-refractivity contribution >= 4 is 39.2 Å². The van der Waals surface area contributed by atoms with Gasteiger partial charge in [0.1, 0.15) is 12.4 Å². The summed E-state index contributed by atoms with van der Waals surface area (Å²) in [5.74, 6) is -0.196. The van der Waals surface area contributed by atoms with Crippen molar-refractivity contribution in [3.8, 4) is 5.75 Å². The lowest BCUT2D eigenvalue weighted by atomic mass is 10.1. The van der Waals surface area contributed by atoms with E-state index < -0.39 is 20.9 Å².